The second-order valence-electron chi connectivity index (χ2n) is 6.27. The number of hydrogen-bond acceptors (Lipinski definition) is 3. The first-order valence-corrected chi connectivity index (χ1v) is 8.53. The molecule has 2 aromatic carbocycles. The maximum absolute atomic E-state index is 12.8. The predicted octanol–water partition coefficient (Wildman–Crippen LogP) is 2.36. The zero-order chi connectivity index (χ0) is 18.8. The lowest BCUT2D eigenvalue weighted by molar-refractivity contribution is -0.118. The van der Waals surface area contributed by atoms with Crippen LogP contribution in [0.1, 0.15) is 39.6 Å². The summed E-state index contributed by atoms with van der Waals surface area (Å²) in [6.45, 7) is 2.50. The quantitative estimate of drug-likeness (QED) is 0.918. The van der Waals surface area contributed by atoms with E-state index in [1.165, 1.54) is 4.90 Å². The molecule has 0 spiro atoms. The van der Waals surface area contributed by atoms with Gasteiger partial charge in [-0.2, -0.15) is 0 Å². The van der Waals surface area contributed by atoms with Crippen LogP contribution < -0.4 is 15.5 Å². The predicted molar refractivity (Wildman–Crippen MR) is 100 cm³/mol. The van der Waals surface area contributed by atoms with Crippen LogP contribution in [0.4, 0.5) is 11.4 Å². The average Bonchev–Trinajstić information content (AvgIpc) is 3.09. The van der Waals surface area contributed by atoms with Crippen LogP contribution in [-0.4, -0.2) is 31.3 Å². The van der Waals surface area contributed by atoms with Gasteiger partial charge in [0, 0.05) is 42.5 Å². The first-order valence-electron chi connectivity index (χ1n) is 8.53. The fraction of sp³-hybridized carbons (Fsp3) is 0.250. The number of benzene rings is 2. The summed E-state index contributed by atoms with van der Waals surface area (Å²) < 4.78 is 0. The molecule has 26 heavy (non-hydrogen) atoms. The SMILES string of the molecule is CCC(=O)N1CCc2cc(C(=O)N(C)c3ccc(C(N)=O)cc3)ccc21. The monoisotopic (exact) mass is 351 g/mol. The third kappa shape index (κ3) is 3.18. The highest BCUT2D eigenvalue weighted by atomic mass is 16.2. The molecule has 0 saturated carbocycles. The van der Waals surface area contributed by atoms with Crippen LogP contribution in [0.25, 0.3) is 0 Å². The van der Waals surface area contributed by atoms with Crippen LogP contribution in [0.15, 0.2) is 42.5 Å². The van der Waals surface area contributed by atoms with Gasteiger partial charge >= 0.3 is 0 Å². The van der Waals surface area contributed by atoms with Crippen molar-refractivity contribution in [1.29, 1.82) is 0 Å². The minimum atomic E-state index is -0.504. The van der Waals surface area contributed by atoms with Crippen molar-refractivity contribution in [3.8, 4) is 0 Å². The van der Waals surface area contributed by atoms with Crippen molar-refractivity contribution in [3.63, 3.8) is 0 Å². The van der Waals surface area contributed by atoms with E-state index in [0.717, 1.165) is 17.7 Å². The van der Waals surface area contributed by atoms with E-state index >= 15 is 0 Å². The zero-order valence-corrected chi connectivity index (χ0v) is 14.9. The van der Waals surface area contributed by atoms with Gasteiger partial charge < -0.3 is 15.5 Å². The van der Waals surface area contributed by atoms with Crippen molar-refractivity contribution in [1.82, 2.24) is 0 Å². The second kappa shape index (κ2) is 7.00. The van der Waals surface area contributed by atoms with Gasteiger partial charge in [0.1, 0.15) is 0 Å². The molecule has 1 aliphatic rings. The first kappa shape index (κ1) is 17.7. The molecule has 0 bridgehead atoms. The van der Waals surface area contributed by atoms with Crippen molar-refractivity contribution in [2.24, 2.45) is 5.73 Å². The molecule has 0 fully saturated rings. The van der Waals surface area contributed by atoms with Gasteiger partial charge in [-0.3, -0.25) is 14.4 Å². The van der Waals surface area contributed by atoms with E-state index in [2.05, 4.69) is 0 Å². The normalized spacial score (nSPS) is 12.6. The van der Waals surface area contributed by atoms with Gasteiger partial charge in [0.15, 0.2) is 0 Å². The van der Waals surface area contributed by atoms with Crippen LogP contribution in [0, 0.1) is 0 Å². The fourth-order valence-corrected chi connectivity index (χ4v) is 3.14. The molecule has 0 atom stereocenters. The summed E-state index contributed by atoms with van der Waals surface area (Å²) in [6.07, 6.45) is 1.21. The molecule has 3 amide bonds. The Morgan fingerprint density at radius 1 is 1.08 bits per heavy atom. The Bertz CT molecular complexity index is 874. The second-order valence-corrected chi connectivity index (χ2v) is 6.27. The van der Waals surface area contributed by atoms with Gasteiger partial charge in [-0.1, -0.05) is 6.92 Å². The molecule has 0 aromatic heterocycles. The molecule has 6 heteroatoms. The highest BCUT2D eigenvalue weighted by Crippen LogP contribution is 2.30. The molecule has 2 N–H and O–H groups in total. The number of primary amides is 1. The molecule has 6 nitrogen and oxygen atoms in total. The molecule has 1 heterocycles. The van der Waals surface area contributed by atoms with Crippen LogP contribution in [-0.2, 0) is 11.2 Å². The number of anilines is 2. The van der Waals surface area contributed by atoms with E-state index in [9.17, 15) is 14.4 Å². The highest BCUT2D eigenvalue weighted by Gasteiger charge is 2.25. The van der Waals surface area contributed by atoms with Gasteiger partial charge in [-0.05, 0) is 54.4 Å². The standard InChI is InChI=1S/C20H21N3O3/c1-3-18(24)23-11-10-14-12-15(6-9-17(14)23)20(26)22(2)16-7-4-13(5-8-16)19(21)25/h4-9,12H,3,10-11H2,1-2H3,(H2,21,25). The van der Waals surface area contributed by atoms with Crippen molar-refractivity contribution >= 4 is 29.1 Å². The molecule has 0 radical (unpaired) electrons. The number of carbonyl (C=O) groups excluding carboxylic acids is 3. The smallest absolute Gasteiger partial charge is 0.258 e. The summed E-state index contributed by atoms with van der Waals surface area (Å²) in [5.74, 6) is -0.565. The largest absolute Gasteiger partial charge is 0.366 e. The third-order valence-corrected chi connectivity index (χ3v) is 4.67. The Morgan fingerprint density at radius 3 is 2.35 bits per heavy atom. The molecule has 3 rings (SSSR count). The number of amides is 3. The van der Waals surface area contributed by atoms with Crippen molar-refractivity contribution in [2.75, 3.05) is 23.4 Å². The number of nitrogens with two attached hydrogens (primary N) is 1. The van der Waals surface area contributed by atoms with E-state index < -0.39 is 5.91 Å². The van der Waals surface area contributed by atoms with Crippen LogP contribution in [0.3, 0.4) is 0 Å². The van der Waals surface area contributed by atoms with Crippen molar-refractivity contribution in [3.05, 3.63) is 59.2 Å². The van der Waals surface area contributed by atoms with Crippen molar-refractivity contribution in [2.45, 2.75) is 19.8 Å². The number of nitrogens with zero attached hydrogens (tertiary/aromatic N) is 2. The fourth-order valence-electron chi connectivity index (χ4n) is 3.14. The number of rotatable bonds is 4. The van der Waals surface area contributed by atoms with Crippen LogP contribution in [0.5, 0.6) is 0 Å². The minimum absolute atomic E-state index is 0.0921. The number of hydrogen-bond donors (Lipinski definition) is 1. The summed E-state index contributed by atoms with van der Waals surface area (Å²) in [5.41, 5.74) is 8.77. The lowest BCUT2D eigenvalue weighted by Gasteiger charge is -2.19. The van der Waals surface area contributed by atoms with Gasteiger partial charge in [-0.25, -0.2) is 0 Å². The molecule has 0 saturated heterocycles. The Hall–Kier alpha value is -3.15. The zero-order valence-electron chi connectivity index (χ0n) is 14.9. The van der Waals surface area contributed by atoms with Crippen LogP contribution >= 0.6 is 0 Å². The summed E-state index contributed by atoms with van der Waals surface area (Å²) in [5, 5.41) is 0. The van der Waals surface area contributed by atoms with Gasteiger partial charge in [0.25, 0.3) is 5.91 Å². The minimum Gasteiger partial charge on any atom is -0.366 e. The molecule has 0 unspecified atom stereocenters. The van der Waals surface area contributed by atoms with Crippen molar-refractivity contribution < 1.29 is 14.4 Å². The first-order chi connectivity index (χ1) is 12.4. The topological polar surface area (TPSA) is 83.7 Å². The maximum atomic E-state index is 12.8. The summed E-state index contributed by atoms with van der Waals surface area (Å²) in [7, 11) is 1.68. The molecular formula is C20H21N3O3. The summed E-state index contributed by atoms with van der Waals surface area (Å²) in [4.78, 5) is 39.2. The lowest BCUT2D eigenvalue weighted by atomic mass is 10.1. The Labute approximate surface area is 152 Å². The molecule has 2 aromatic rings. The highest BCUT2D eigenvalue weighted by molar-refractivity contribution is 6.07. The van der Waals surface area contributed by atoms with Gasteiger partial charge in [0.05, 0.1) is 0 Å². The summed E-state index contributed by atoms with van der Waals surface area (Å²) >= 11 is 0. The van der Waals surface area contributed by atoms with E-state index in [0.29, 0.717) is 29.8 Å². The molecule has 0 aliphatic carbocycles. The van der Waals surface area contributed by atoms with E-state index in [1.807, 2.05) is 19.1 Å². The lowest BCUT2D eigenvalue weighted by Crippen LogP contribution is -2.28. The Kier molecular flexibility index (Phi) is 4.75. The molecule has 1 aliphatic heterocycles. The number of fused-ring (bicyclic) bond motifs is 1. The summed E-state index contributed by atoms with van der Waals surface area (Å²) in [6, 6.07) is 12.0. The Morgan fingerprint density at radius 2 is 1.73 bits per heavy atom. The van der Waals surface area contributed by atoms with E-state index in [4.69, 9.17) is 5.73 Å². The molecular weight excluding hydrogens is 330 g/mol. The maximum Gasteiger partial charge on any atom is 0.258 e. The third-order valence-electron chi connectivity index (χ3n) is 4.67. The number of carbonyl (C=O) groups is 3. The molecule has 134 valence electrons. The Balaban J connectivity index is 1.82. The van der Waals surface area contributed by atoms with Gasteiger partial charge in [0.2, 0.25) is 11.8 Å². The van der Waals surface area contributed by atoms with E-state index in [1.54, 1.807) is 42.3 Å². The van der Waals surface area contributed by atoms with Gasteiger partial charge in [-0.15, -0.1) is 0 Å². The van der Waals surface area contributed by atoms with Crippen LogP contribution in [0.2, 0.25) is 0 Å². The average molecular weight is 351 g/mol. The van der Waals surface area contributed by atoms with E-state index in [-0.39, 0.29) is 11.8 Å².